The number of fused-ring (bicyclic) bond motifs is 1. The predicted molar refractivity (Wildman–Crippen MR) is 111 cm³/mol. The molecule has 142 valence electrons. The molecule has 1 aliphatic heterocycles. The predicted octanol–water partition coefficient (Wildman–Crippen LogP) is 3.21. The number of nitrogens with zero attached hydrogens (tertiary/aromatic N) is 2. The summed E-state index contributed by atoms with van der Waals surface area (Å²) in [4.78, 5) is 32.4. The van der Waals surface area contributed by atoms with Crippen molar-refractivity contribution in [3.63, 3.8) is 0 Å². The molecule has 0 bridgehead atoms. The van der Waals surface area contributed by atoms with Gasteiger partial charge in [-0.3, -0.25) is 14.5 Å². The zero-order valence-electron chi connectivity index (χ0n) is 15.7. The number of aromatic nitrogens is 1. The van der Waals surface area contributed by atoms with Crippen molar-refractivity contribution in [2.75, 3.05) is 32.7 Å². The first-order valence-electron chi connectivity index (χ1n) is 9.56. The Hall–Kier alpha value is -3.18. The van der Waals surface area contributed by atoms with E-state index in [0.717, 1.165) is 30.5 Å². The van der Waals surface area contributed by atoms with Gasteiger partial charge in [0.25, 0.3) is 11.7 Å². The summed E-state index contributed by atoms with van der Waals surface area (Å²) in [6.45, 7) is 3.53. The Labute approximate surface area is 164 Å². The minimum atomic E-state index is -0.435. The van der Waals surface area contributed by atoms with E-state index in [0.29, 0.717) is 18.7 Å². The second kappa shape index (κ2) is 8.23. The quantitative estimate of drug-likeness (QED) is 0.552. The number of hydrogen-bond acceptors (Lipinski definition) is 3. The van der Waals surface area contributed by atoms with Crippen LogP contribution >= 0.6 is 0 Å². The summed E-state index contributed by atoms with van der Waals surface area (Å²) in [5, 5.41) is 0.797. The van der Waals surface area contributed by atoms with Crippen LogP contribution in [0.2, 0.25) is 0 Å². The molecule has 0 unspecified atom stereocenters. The summed E-state index contributed by atoms with van der Waals surface area (Å²) < 4.78 is 0. The smallest absolute Gasteiger partial charge is 0.295 e. The summed E-state index contributed by atoms with van der Waals surface area (Å²) in [5.41, 5.74) is 2.50. The highest BCUT2D eigenvalue weighted by Crippen LogP contribution is 2.19. The first-order chi connectivity index (χ1) is 13.7. The van der Waals surface area contributed by atoms with Crippen LogP contribution in [0.5, 0.6) is 0 Å². The van der Waals surface area contributed by atoms with Gasteiger partial charge in [-0.15, -0.1) is 0 Å². The molecule has 5 nitrogen and oxygen atoms in total. The van der Waals surface area contributed by atoms with E-state index in [1.54, 1.807) is 11.1 Å². The van der Waals surface area contributed by atoms with Crippen molar-refractivity contribution in [3.8, 4) is 0 Å². The highest BCUT2D eigenvalue weighted by molar-refractivity contribution is 6.44. The first kappa shape index (κ1) is 18.2. The second-order valence-corrected chi connectivity index (χ2v) is 6.98. The maximum Gasteiger partial charge on any atom is 0.295 e. The van der Waals surface area contributed by atoms with Crippen molar-refractivity contribution in [2.45, 2.75) is 0 Å². The number of para-hydroxylation sites is 1. The molecular formula is C23H23N3O2. The molecule has 3 aromatic rings. The number of Topliss-reactive ketones (excluding diaryl/α,β-unsaturated/α-hetero) is 1. The minimum absolute atomic E-state index is 0.413. The van der Waals surface area contributed by atoms with E-state index in [1.165, 1.54) is 5.56 Å². The fourth-order valence-corrected chi connectivity index (χ4v) is 3.55. The van der Waals surface area contributed by atoms with Crippen LogP contribution < -0.4 is 0 Å². The molecule has 0 spiro atoms. The number of carbonyl (C=O) groups excluding carboxylic acids is 2. The maximum atomic E-state index is 12.7. The second-order valence-electron chi connectivity index (χ2n) is 6.98. The van der Waals surface area contributed by atoms with Gasteiger partial charge in [0.05, 0.1) is 5.56 Å². The van der Waals surface area contributed by atoms with Crippen LogP contribution in [0, 0.1) is 0 Å². The van der Waals surface area contributed by atoms with Crippen LogP contribution in [0.15, 0.2) is 66.9 Å². The number of nitrogens with one attached hydrogen (secondary N) is 1. The summed E-state index contributed by atoms with van der Waals surface area (Å²) >= 11 is 0. The third-order valence-electron chi connectivity index (χ3n) is 5.16. The van der Waals surface area contributed by atoms with E-state index in [4.69, 9.17) is 0 Å². The molecule has 5 heteroatoms. The molecule has 0 atom stereocenters. The molecule has 0 aliphatic carbocycles. The number of H-pyrrole nitrogens is 1. The Bertz CT molecular complexity index is 999. The van der Waals surface area contributed by atoms with Gasteiger partial charge < -0.3 is 9.88 Å². The summed E-state index contributed by atoms with van der Waals surface area (Å²) in [6.07, 6.45) is 5.89. The highest BCUT2D eigenvalue weighted by Gasteiger charge is 2.27. The van der Waals surface area contributed by atoms with Crippen molar-refractivity contribution in [2.24, 2.45) is 0 Å². The van der Waals surface area contributed by atoms with Crippen LogP contribution in [-0.2, 0) is 4.79 Å². The molecular weight excluding hydrogens is 350 g/mol. The van der Waals surface area contributed by atoms with Crippen molar-refractivity contribution < 1.29 is 9.59 Å². The fourth-order valence-electron chi connectivity index (χ4n) is 3.55. The number of piperazine rings is 1. The van der Waals surface area contributed by atoms with Gasteiger partial charge in [-0.2, -0.15) is 0 Å². The van der Waals surface area contributed by atoms with Gasteiger partial charge in [0, 0.05) is 49.8 Å². The molecule has 1 saturated heterocycles. The molecule has 2 aromatic carbocycles. The molecule has 28 heavy (non-hydrogen) atoms. The third-order valence-corrected chi connectivity index (χ3v) is 5.16. The van der Waals surface area contributed by atoms with Gasteiger partial charge in [0.15, 0.2) is 0 Å². The number of carbonyl (C=O) groups is 2. The summed E-state index contributed by atoms with van der Waals surface area (Å²) in [7, 11) is 0. The number of hydrogen-bond donors (Lipinski definition) is 1. The zero-order valence-corrected chi connectivity index (χ0v) is 15.7. The largest absolute Gasteiger partial charge is 0.360 e. The Kier molecular flexibility index (Phi) is 5.35. The van der Waals surface area contributed by atoms with Gasteiger partial charge in [-0.1, -0.05) is 60.7 Å². The van der Waals surface area contributed by atoms with E-state index in [-0.39, 0.29) is 0 Å². The Morgan fingerprint density at radius 1 is 0.929 bits per heavy atom. The van der Waals surface area contributed by atoms with E-state index in [1.807, 2.05) is 42.5 Å². The van der Waals surface area contributed by atoms with Gasteiger partial charge in [-0.25, -0.2) is 0 Å². The van der Waals surface area contributed by atoms with Crippen LogP contribution in [0.4, 0.5) is 0 Å². The lowest BCUT2D eigenvalue weighted by Crippen LogP contribution is -2.50. The monoisotopic (exact) mass is 373 g/mol. The van der Waals surface area contributed by atoms with Crippen molar-refractivity contribution in [1.82, 2.24) is 14.8 Å². The minimum Gasteiger partial charge on any atom is -0.360 e. The Morgan fingerprint density at radius 3 is 2.43 bits per heavy atom. The van der Waals surface area contributed by atoms with Crippen LogP contribution in [0.3, 0.4) is 0 Å². The maximum absolute atomic E-state index is 12.7. The van der Waals surface area contributed by atoms with E-state index >= 15 is 0 Å². The van der Waals surface area contributed by atoms with E-state index in [9.17, 15) is 9.59 Å². The molecule has 2 heterocycles. The van der Waals surface area contributed by atoms with Gasteiger partial charge in [0.2, 0.25) is 0 Å². The topological polar surface area (TPSA) is 56.4 Å². The molecule has 1 N–H and O–H groups in total. The molecule has 0 radical (unpaired) electrons. The molecule has 0 saturated carbocycles. The number of benzene rings is 2. The van der Waals surface area contributed by atoms with Gasteiger partial charge in [0.1, 0.15) is 0 Å². The van der Waals surface area contributed by atoms with Crippen LogP contribution in [0.25, 0.3) is 17.0 Å². The molecule has 4 rings (SSSR count). The molecule has 1 amide bonds. The fraction of sp³-hybridized carbons (Fsp3) is 0.217. The lowest BCUT2D eigenvalue weighted by atomic mass is 10.1. The van der Waals surface area contributed by atoms with Crippen LogP contribution in [0.1, 0.15) is 15.9 Å². The standard InChI is InChI=1S/C23H23N3O2/c27-22(20-17-24-21-11-5-4-10-19(20)21)23(28)26-15-13-25(14-16-26)12-6-9-18-7-2-1-3-8-18/h1-11,17,24H,12-16H2. The lowest BCUT2D eigenvalue weighted by molar-refractivity contribution is -0.128. The average Bonchev–Trinajstić information content (AvgIpc) is 3.18. The van der Waals surface area contributed by atoms with Gasteiger partial charge >= 0.3 is 0 Å². The SMILES string of the molecule is O=C(C(=O)N1CCN(CC=Cc2ccccc2)CC1)c1c[nH]c2ccccc12. The van der Waals surface area contributed by atoms with Crippen molar-refractivity contribution in [3.05, 3.63) is 78.0 Å². The Morgan fingerprint density at radius 2 is 1.64 bits per heavy atom. The third kappa shape index (κ3) is 3.89. The number of aromatic amines is 1. The highest BCUT2D eigenvalue weighted by atomic mass is 16.2. The first-order valence-corrected chi connectivity index (χ1v) is 9.56. The number of amides is 1. The average molecular weight is 373 g/mol. The number of rotatable bonds is 5. The van der Waals surface area contributed by atoms with Gasteiger partial charge in [-0.05, 0) is 11.6 Å². The molecule has 1 aromatic heterocycles. The molecule has 1 aliphatic rings. The lowest BCUT2D eigenvalue weighted by Gasteiger charge is -2.33. The van der Waals surface area contributed by atoms with E-state index < -0.39 is 11.7 Å². The van der Waals surface area contributed by atoms with Crippen molar-refractivity contribution >= 4 is 28.7 Å². The summed E-state index contributed by atoms with van der Waals surface area (Å²) in [6, 6.07) is 17.7. The Balaban J connectivity index is 1.32. The molecule has 1 fully saturated rings. The van der Waals surface area contributed by atoms with Crippen LogP contribution in [-0.4, -0.2) is 59.2 Å². The normalized spacial score (nSPS) is 15.4. The van der Waals surface area contributed by atoms with E-state index in [2.05, 4.69) is 34.2 Å². The number of ketones is 1. The van der Waals surface area contributed by atoms with Crippen molar-refractivity contribution in [1.29, 1.82) is 0 Å². The zero-order chi connectivity index (χ0) is 19.3. The summed E-state index contributed by atoms with van der Waals surface area (Å²) in [5.74, 6) is -0.848.